The molecule has 1 saturated carbocycles. The molecule has 2 N–H and O–H groups in total. The van der Waals surface area contributed by atoms with Crippen molar-refractivity contribution >= 4 is 28.3 Å². The first-order chi connectivity index (χ1) is 14.2. The number of carbonyl (C=O) groups excluding carboxylic acids is 2. The van der Waals surface area contributed by atoms with Crippen LogP contribution in [0.5, 0.6) is 0 Å². The third-order valence-corrected chi connectivity index (χ3v) is 5.58. The number of nitrogens with one attached hydrogen (secondary N) is 2. The van der Waals surface area contributed by atoms with Crippen LogP contribution in [0.2, 0.25) is 0 Å². The van der Waals surface area contributed by atoms with Crippen molar-refractivity contribution in [2.24, 2.45) is 0 Å². The van der Waals surface area contributed by atoms with Crippen LogP contribution in [0.4, 0.5) is 5.69 Å². The van der Waals surface area contributed by atoms with E-state index in [2.05, 4.69) is 10.6 Å². The van der Waals surface area contributed by atoms with Gasteiger partial charge in [0, 0.05) is 22.9 Å². The lowest BCUT2D eigenvalue weighted by Gasteiger charge is -2.16. The van der Waals surface area contributed by atoms with Gasteiger partial charge in [-0.05, 0) is 53.9 Å². The van der Waals surface area contributed by atoms with E-state index < -0.39 is 0 Å². The Bertz CT molecular complexity index is 1020. The van der Waals surface area contributed by atoms with Crippen molar-refractivity contribution in [1.82, 2.24) is 5.32 Å². The number of benzene rings is 3. The quantitative estimate of drug-likeness (QED) is 0.578. The van der Waals surface area contributed by atoms with Crippen LogP contribution in [0, 0.1) is 0 Å². The molecule has 0 spiro atoms. The van der Waals surface area contributed by atoms with Crippen LogP contribution < -0.4 is 10.6 Å². The van der Waals surface area contributed by atoms with Crippen LogP contribution >= 0.6 is 0 Å². The largest absolute Gasteiger partial charge is 0.349 e. The highest BCUT2D eigenvalue weighted by molar-refractivity contribution is 6.07. The molecule has 3 aromatic rings. The van der Waals surface area contributed by atoms with Crippen molar-refractivity contribution in [3.8, 4) is 0 Å². The highest BCUT2D eigenvalue weighted by atomic mass is 16.2. The predicted octanol–water partition coefficient (Wildman–Crippen LogP) is 5.54. The lowest BCUT2D eigenvalue weighted by Crippen LogP contribution is -2.34. The van der Waals surface area contributed by atoms with Gasteiger partial charge in [-0.1, -0.05) is 62.1 Å². The molecule has 0 atom stereocenters. The molecule has 0 aromatic heterocycles. The van der Waals surface area contributed by atoms with Gasteiger partial charge in [0.2, 0.25) is 0 Å². The Labute approximate surface area is 171 Å². The van der Waals surface area contributed by atoms with Gasteiger partial charge in [-0.3, -0.25) is 9.59 Å². The minimum Gasteiger partial charge on any atom is -0.349 e. The Morgan fingerprint density at radius 2 is 1.41 bits per heavy atom. The number of rotatable bonds is 4. The second kappa shape index (κ2) is 8.91. The summed E-state index contributed by atoms with van der Waals surface area (Å²) in [4.78, 5) is 25.3. The Morgan fingerprint density at radius 3 is 2.21 bits per heavy atom. The van der Waals surface area contributed by atoms with E-state index in [-0.39, 0.29) is 17.9 Å². The molecule has 1 aliphatic rings. The van der Waals surface area contributed by atoms with E-state index >= 15 is 0 Å². The van der Waals surface area contributed by atoms with Crippen LogP contribution in [0.25, 0.3) is 10.8 Å². The first-order valence-corrected chi connectivity index (χ1v) is 10.4. The molecule has 0 saturated heterocycles. The van der Waals surface area contributed by atoms with Gasteiger partial charge >= 0.3 is 0 Å². The monoisotopic (exact) mass is 386 g/mol. The number of hydrogen-bond acceptors (Lipinski definition) is 2. The van der Waals surface area contributed by atoms with Crippen LogP contribution in [-0.4, -0.2) is 17.9 Å². The number of amides is 2. The second-order valence-corrected chi connectivity index (χ2v) is 7.76. The molecule has 1 fully saturated rings. The zero-order valence-electron chi connectivity index (χ0n) is 16.5. The van der Waals surface area contributed by atoms with Crippen molar-refractivity contribution in [1.29, 1.82) is 0 Å². The van der Waals surface area contributed by atoms with E-state index in [0.29, 0.717) is 16.8 Å². The standard InChI is InChI=1S/C25H26N2O2/c28-24(26-22-11-3-1-2-4-12-22)20-10-7-13-23(17-20)27-25(29)21-15-14-18-8-5-6-9-19(18)16-21/h5-10,13-17,22H,1-4,11-12H2,(H,26,28)(H,27,29). The van der Waals surface area contributed by atoms with E-state index in [9.17, 15) is 9.59 Å². The SMILES string of the molecule is O=C(Nc1cccc(C(=O)NC2CCCCCC2)c1)c1ccc2ccccc2c1. The molecule has 4 heteroatoms. The fourth-order valence-corrected chi connectivity index (χ4v) is 3.96. The van der Waals surface area contributed by atoms with E-state index in [0.717, 1.165) is 23.6 Å². The second-order valence-electron chi connectivity index (χ2n) is 7.76. The summed E-state index contributed by atoms with van der Waals surface area (Å²) in [5, 5.41) is 8.19. The minimum absolute atomic E-state index is 0.0706. The van der Waals surface area contributed by atoms with Gasteiger partial charge in [0.25, 0.3) is 11.8 Å². The number of fused-ring (bicyclic) bond motifs is 1. The maximum atomic E-state index is 12.7. The molecule has 0 unspecified atom stereocenters. The van der Waals surface area contributed by atoms with Crippen LogP contribution in [0.3, 0.4) is 0 Å². The Hall–Kier alpha value is -3.14. The summed E-state index contributed by atoms with van der Waals surface area (Å²) in [6.45, 7) is 0. The maximum absolute atomic E-state index is 12.7. The maximum Gasteiger partial charge on any atom is 0.255 e. The van der Waals surface area contributed by atoms with Gasteiger partial charge in [-0.25, -0.2) is 0 Å². The molecule has 4 nitrogen and oxygen atoms in total. The van der Waals surface area contributed by atoms with E-state index in [1.807, 2.05) is 42.5 Å². The molecular formula is C25H26N2O2. The van der Waals surface area contributed by atoms with Gasteiger partial charge in [0.05, 0.1) is 0 Å². The summed E-state index contributed by atoms with van der Waals surface area (Å²) in [5.74, 6) is -0.254. The number of hydrogen-bond donors (Lipinski definition) is 2. The minimum atomic E-state index is -0.183. The lowest BCUT2D eigenvalue weighted by atomic mass is 10.1. The highest BCUT2D eigenvalue weighted by Crippen LogP contribution is 2.20. The van der Waals surface area contributed by atoms with Crippen molar-refractivity contribution in [2.45, 2.75) is 44.6 Å². The van der Waals surface area contributed by atoms with Crippen molar-refractivity contribution in [2.75, 3.05) is 5.32 Å². The van der Waals surface area contributed by atoms with Gasteiger partial charge < -0.3 is 10.6 Å². The van der Waals surface area contributed by atoms with Gasteiger partial charge in [0.1, 0.15) is 0 Å². The molecule has 3 aromatic carbocycles. The summed E-state index contributed by atoms with van der Waals surface area (Å²) in [5.41, 5.74) is 1.79. The van der Waals surface area contributed by atoms with Gasteiger partial charge in [-0.2, -0.15) is 0 Å². The summed E-state index contributed by atoms with van der Waals surface area (Å²) in [7, 11) is 0. The number of carbonyl (C=O) groups is 2. The molecule has 0 heterocycles. The summed E-state index contributed by atoms with van der Waals surface area (Å²) >= 11 is 0. The topological polar surface area (TPSA) is 58.2 Å². The molecule has 4 rings (SSSR count). The highest BCUT2D eigenvalue weighted by Gasteiger charge is 2.16. The molecule has 0 radical (unpaired) electrons. The average Bonchev–Trinajstić information content (AvgIpc) is 3.02. The summed E-state index contributed by atoms with van der Waals surface area (Å²) in [6, 6.07) is 21.0. The molecule has 148 valence electrons. The smallest absolute Gasteiger partial charge is 0.255 e. The first-order valence-electron chi connectivity index (χ1n) is 10.4. The van der Waals surface area contributed by atoms with Crippen LogP contribution in [0.1, 0.15) is 59.2 Å². The van der Waals surface area contributed by atoms with Crippen molar-refractivity contribution < 1.29 is 9.59 Å². The summed E-state index contributed by atoms with van der Waals surface area (Å²) < 4.78 is 0. The third kappa shape index (κ3) is 4.83. The fraction of sp³-hybridized carbons (Fsp3) is 0.280. The lowest BCUT2D eigenvalue weighted by molar-refractivity contribution is 0.0932. The van der Waals surface area contributed by atoms with Crippen LogP contribution in [0.15, 0.2) is 66.7 Å². The molecular weight excluding hydrogens is 360 g/mol. The Morgan fingerprint density at radius 1 is 0.690 bits per heavy atom. The van der Waals surface area contributed by atoms with Gasteiger partial charge in [0.15, 0.2) is 0 Å². The number of anilines is 1. The summed E-state index contributed by atoms with van der Waals surface area (Å²) in [6.07, 6.45) is 6.94. The van der Waals surface area contributed by atoms with Crippen LogP contribution in [-0.2, 0) is 0 Å². The molecule has 29 heavy (non-hydrogen) atoms. The Balaban J connectivity index is 1.44. The Kier molecular flexibility index (Phi) is 5.89. The zero-order chi connectivity index (χ0) is 20.1. The fourth-order valence-electron chi connectivity index (χ4n) is 3.96. The van der Waals surface area contributed by atoms with E-state index in [1.165, 1.54) is 25.7 Å². The molecule has 1 aliphatic carbocycles. The zero-order valence-corrected chi connectivity index (χ0v) is 16.5. The van der Waals surface area contributed by atoms with Crippen molar-refractivity contribution in [3.63, 3.8) is 0 Å². The van der Waals surface area contributed by atoms with Crippen molar-refractivity contribution in [3.05, 3.63) is 77.9 Å². The van der Waals surface area contributed by atoms with Gasteiger partial charge in [-0.15, -0.1) is 0 Å². The van der Waals surface area contributed by atoms with E-state index in [1.54, 1.807) is 24.3 Å². The molecule has 2 amide bonds. The molecule has 0 bridgehead atoms. The first kappa shape index (κ1) is 19.2. The van der Waals surface area contributed by atoms with E-state index in [4.69, 9.17) is 0 Å². The predicted molar refractivity (Wildman–Crippen MR) is 117 cm³/mol. The normalized spacial score (nSPS) is 14.9. The molecule has 0 aliphatic heterocycles. The average molecular weight is 386 g/mol. The third-order valence-electron chi connectivity index (χ3n) is 5.58.